The first-order chi connectivity index (χ1) is 7.67. The fourth-order valence-electron chi connectivity index (χ4n) is 2.93. The van der Waals surface area contributed by atoms with Crippen molar-refractivity contribution in [2.75, 3.05) is 10.7 Å². The summed E-state index contributed by atoms with van der Waals surface area (Å²) in [4.78, 5) is 12.2. The third-order valence-electron chi connectivity index (χ3n) is 4.29. The van der Waals surface area contributed by atoms with E-state index in [1.165, 1.54) is 19.3 Å². The quantitative estimate of drug-likeness (QED) is 0.757. The molecule has 2 atom stereocenters. The van der Waals surface area contributed by atoms with Crippen LogP contribution in [0.4, 0.5) is 0 Å². The number of carbonyl (C=O) groups excluding carboxylic acids is 1. The van der Waals surface area contributed by atoms with Crippen LogP contribution in [0.1, 0.15) is 32.6 Å². The molecule has 0 aromatic carbocycles. The fraction of sp³-hybridized carbons (Fsp3) is 0.917. The highest BCUT2D eigenvalue weighted by Gasteiger charge is 2.57. The van der Waals surface area contributed by atoms with Gasteiger partial charge in [0.1, 0.15) is 0 Å². The second kappa shape index (κ2) is 4.97. The number of alkyl halides is 2. The summed E-state index contributed by atoms with van der Waals surface area (Å²) in [7, 11) is 0. The fourth-order valence-corrected chi connectivity index (χ4v) is 4.94. The molecule has 0 aromatic rings. The van der Waals surface area contributed by atoms with Crippen molar-refractivity contribution < 1.29 is 4.79 Å². The Hall–Kier alpha value is 0.430. The summed E-state index contributed by atoms with van der Waals surface area (Å²) >= 11 is 7.02. The van der Waals surface area contributed by atoms with E-state index in [0.29, 0.717) is 17.8 Å². The second-order valence-corrected chi connectivity index (χ2v) is 6.30. The number of hydrogen-bond donors (Lipinski definition) is 1. The molecule has 0 heterocycles. The van der Waals surface area contributed by atoms with Gasteiger partial charge in [-0.15, -0.1) is 0 Å². The summed E-state index contributed by atoms with van der Waals surface area (Å²) in [5.41, 5.74) is -0.103. The average molecular weight is 353 g/mol. The zero-order chi connectivity index (χ0) is 11.8. The van der Waals surface area contributed by atoms with Gasteiger partial charge in [-0.3, -0.25) is 4.79 Å². The van der Waals surface area contributed by atoms with Gasteiger partial charge in [-0.1, -0.05) is 45.2 Å². The van der Waals surface area contributed by atoms with E-state index in [2.05, 4.69) is 44.1 Å². The molecule has 1 amide bonds. The first-order valence-corrected chi connectivity index (χ1v) is 8.35. The molecule has 2 aliphatic carbocycles. The third kappa shape index (κ3) is 2.20. The minimum Gasteiger partial charge on any atom is -0.349 e. The van der Waals surface area contributed by atoms with Gasteiger partial charge in [0.05, 0.1) is 5.54 Å². The van der Waals surface area contributed by atoms with Crippen LogP contribution in [-0.4, -0.2) is 22.1 Å². The van der Waals surface area contributed by atoms with Gasteiger partial charge in [0.15, 0.2) is 0 Å². The van der Waals surface area contributed by atoms with E-state index in [4.69, 9.17) is 0 Å². The van der Waals surface area contributed by atoms with Gasteiger partial charge in [0.2, 0.25) is 5.91 Å². The van der Waals surface area contributed by atoms with Crippen molar-refractivity contribution >= 4 is 37.8 Å². The maximum atomic E-state index is 12.2. The monoisotopic (exact) mass is 351 g/mol. The van der Waals surface area contributed by atoms with Crippen molar-refractivity contribution in [1.29, 1.82) is 0 Å². The summed E-state index contributed by atoms with van der Waals surface area (Å²) in [5, 5.41) is 4.87. The van der Waals surface area contributed by atoms with Crippen LogP contribution in [0.25, 0.3) is 0 Å². The van der Waals surface area contributed by atoms with Crippen LogP contribution in [0.3, 0.4) is 0 Å². The smallest absolute Gasteiger partial charge is 0.224 e. The van der Waals surface area contributed by atoms with Crippen LogP contribution in [0.15, 0.2) is 0 Å². The third-order valence-corrected chi connectivity index (χ3v) is 6.43. The van der Waals surface area contributed by atoms with E-state index >= 15 is 0 Å². The second-order valence-electron chi connectivity index (χ2n) is 5.17. The van der Waals surface area contributed by atoms with E-state index in [1.807, 2.05) is 0 Å². The lowest BCUT2D eigenvalue weighted by atomic mass is 10.0. The summed E-state index contributed by atoms with van der Waals surface area (Å²) in [6.45, 7) is 2.12. The molecule has 2 fully saturated rings. The standard InChI is InChI=1S/C12H19Br2NO/c1-2-12(6-13,7-14)15-11(16)10-8-4-3-5-9(8)10/h8-10H,2-7H2,1H3,(H,15,16). The Morgan fingerprint density at radius 1 is 1.31 bits per heavy atom. The molecule has 16 heavy (non-hydrogen) atoms. The van der Waals surface area contributed by atoms with Crippen molar-refractivity contribution in [3.63, 3.8) is 0 Å². The molecule has 2 nitrogen and oxygen atoms in total. The molecule has 2 rings (SSSR count). The molecule has 0 radical (unpaired) electrons. The van der Waals surface area contributed by atoms with Gasteiger partial charge < -0.3 is 5.32 Å². The van der Waals surface area contributed by atoms with E-state index in [-0.39, 0.29) is 11.4 Å². The van der Waals surface area contributed by atoms with Crippen LogP contribution >= 0.6 is 31.9 Å². The molecule has 0 aromatic heterocycles. The Kier molecular flexibility index (Phi) is 4.00. The number of halogens is 2. The molecular weight excluding hydrogens is 334 g/mol. The first-order valence-electron chi connectivity index (χ1n) is 6.11. The Morgan fingerprint density at radius 2 is 1.88 bits per heavy atom. The minimum atomic E-state index is -0.103. The van der Waals surface area contributed by atoms with Crippen molar-refractivity contribution in [3.05, 3.63) is 0 Å². The van der Waals surface area contributed by atoms with E-state index < -0.39 is 0 Å². The van der Waals surface area contributed by atoms with Gasteiger partial charge in [-0.2, -0.15) is 0 Å². The van der Waals surface area contributed by atoms with Crippen LogP contribution in [0.5, 0.6) is 0 Å². The van der Waals surface area contributed by atoms with Crippen LogP contribution in [0, 0.1) is 17.8 Å². The summed E-state index contributed by atoms with van der Waals surface area (Å²) in [5.74, 6) is 2.04. The SMILES string of the molecule is CCC(CBr)(CBr)NC(=O)C1C2CCCC21. The number of rotatable bonds is 5. The van der Waals surface area contributed by atoms with Crippen molar-refractivity contribution in [1.82, 2.24) is 5.32 Å². The molecule has 0 aliphatic heterocycles. The van der Waals surface area contributed by atoms with Crippen LogP contribution in [-0.2, 0) is 4.79 Å². The molecule has 0 saturated heterocycles. The zero-order valence-corrected chi connectivity index (χ0v) is 12.8. The first kappa shape index (κ1) is 12.9. The Bertz CT molecular complexity index is 260. The molecular formula is C12H19Br2NO. The van der Waals surface area contributed by atoms with E-state index in [1.54, 1.807) is 0 Å². The van der Waals surface area contributed by atoms with Crippen molar-refractivity contribution in [2.24, 2.45) is 17.8 Å². The molecule has 2 saturated carbocycles. The van der Waals surface area contributed by atoms with Gasteiger partial charge in [-0.05, 0) is 31.1 Å². The Morgan fingerprint density at radius 3 is 2.31 bits per heavy atom. The average Bonchev–Trinajstić information content (AvgIpc) is 2.81. The number of carbonyl (C=O) groups is 1. The highest BCUT2D eigenvalue weighted by molar-refractivity contribution is 9.09. The minimum absolute atomic E-state index is 0.103. The summed E-state index contributed by atoms with van der Waals surface area (Å²) < 4.78 is 0. The van der Waals surface area contributed by atoms with Crippen LogP contribution in [0.2, 0.25) is 0 Å². The number of nitrogens with one attached hydrogen (secondary N) is 1. The highest BCUT2D eigenvalue weighted by Crippen LogP contribution is 2.57. The molecule has 1 N–H and O–H groups in total. The van der Waals surface area contributed by atoms with Crippen molar-refractivity contribution in [2.45, 2.75) is 38.1 Å². The lowest BCUT2D eigenvalue weighted by molar-refractivity contribution is -0.124. The predicted molar refractivity (Wildman–Crippen MR) is 73.1 cm³/mol. The molecule has 2 unspecified atom stereocenters. The number of fused-ring (bicyclic) bond motifs is 1. The van der Waals surface area contributed by atoms with Crippen LogP contribution < -0.4 is 5.32 Å². The number of amides is 1. The number of hydrogen-bond acceptors (Lipinski definition) is 1. The topological polar surface area (TPSA) is 29.1 Å². The normalized spacial score (nSPS) is 32.3. The predicted octanol–water partition coefficient (Wildman–Crippen LogP) is 3.09. The Balaban J connectivity index is 1.91. The van der Waals surface area contributed by atoms with Crippen molar-refractivity contribution in [3.8, 4) is 0 Å². The maximum absolute atomic E-state index is 12.2. The molecule has 92 valence electrons. The van der Waals surface area contributed by atoms with E-state index in [9.17, 15) is 4.79 Å². The van der Waals surface area contributed by atoms with E-state index in [0.717, 1.165) is 17.1 Å². The Labute approximate surface area is 114 Å². The van der Waals surface area contributed by atoms with Gasteiger partial charge >= 0.3 is 0 Å². The summed E-state index contributed by atoms with van der Waals surface area (Å²) in [6.07, 6.45) is 4.82. The largest absolute Gasteiger partial charge is 0.349 e. The zero-order valence-electron chi connectivity index (χ0n) is 9.64. The lowest BCUT2D eigenvalue weighted by Crippen LogP contribution is -2.52. The lowest BCUT2D eigenvalue weighted by Gasteiger charge is -2.30. The van der Waals surface area contributed by atoms with Gasteiger partial charge in [0, 0.05) is 16.6 Å². The molecule has 0 spiro atoms. The highest BCUT2D eigenvalue weighted by atomic mass is 79.9. The van der Waals surface area contributed by atoms with Gasteiger partial charge in [-0.25, -0.2) is 0 Å². The molecule has 2 aliphatic rings. The molecule has 4 heteroatoms. The van der Waals surface area contributed by atoms with Gasteiger partial charge in [0.25, 0.3) is 0 Å². The maximum Gasteiger partial charge on any atom is 0.224 e. The molecule has 0 bridgehead atoms. The summed E-state index contributed by atoms with van der Waals surface area (Å²) in [6, 6.07) is 0.